The molecular weight excluding hydrogens is 318 g/mol. The Balaban J connectivity index is 2.39. The van der Waals surface area contributed by atoms with Gasteiger partial charge in [-0.1, -0.05) is 11.6 Å². The van der Waals surface area contributed by atoms with Gasteiger partial charge < -0.3 is 20.7 Å². The van der Waals surface area contributed by atoms with Crippen molar-refractivity contribution >= 4 is 29.3 Å². The lowest BCUT2D eigenvalue weighted by Gasteiger charge is -2.19. The smallest absolute Gasteiger partial charge is 0.407 e. The number of alkyl carbamates (subject to hydrolysis) is 1. The van der Waals surface area contributed by atoms with Crippen molar-refractivity contribution in [2.24, 2.45) is 0 Å². The van der Waals surface area contributed by atoms with Gasteiger partial charge in [0.15, 0.2) is 0 Å². The quantitative estimate of drug-likeness (QED) is 0.695. The van der Waals surface area contributed by atoms with Gasteiger partial charge in [-0.15, -0.1) is 0 Å². The summed E-state index contributed by atoms with van der Waals surface area (Å²) in [5, 5.41) is 8.93. The molecule has 0 fully saturated rings. The van der Waals surface area contributed by atoms with Crippen LogP contribution in [0.25, 0.3) is 0 Å². The molecule has 0 bridgehead atoms. The number of hydrogen-bond acceptors (Lipinski definition) is 4. The first-order valence-corrected chi connectivity index (χ1v) is 7.83. The van der Waals surface area contributed by atoms with Gasteiger partial charge in [0, 0.05) is 25.7 Å². The summed E-state index contributed by atoms with van der Waals surface area (Å²) >= 11 is 6.10. The molecule has 0 heterocycles. The molecule has 1 aromatic carbocycles. The third kappa shape index (κ3) is 7.23. The molecule has 0 spiro atoms. The molecule has 1 rings (SSSR count). The number of halogens is 1. The van der Waals surface area contributed by atoms with Gasteiger partial charge in [-0.2, -0.15) is 0 Å². The molecule has 0 radical (unpaired) electrons. The second-order valence-corrected chi connectivity index (χ2v) is 6.39. The number of carbonyl (C=O) groups is 2. The number of rotatable bonds is 6. The van der Waals surface area contributed by atoms with E-state index in [1.54, 1.807) is 25.2 Å². The summed E-state index contributed by atoms with van der Waals surface area (Å²) in [5.74, 6) is -0.170. The van der Waals surface area contributed by atoms with E-state index < -0.39 is 11.7 Å². The third-order valence-corrected chi connectivity index (χ3v) is 3.12. The first-order chi connectivity index (χ1) is 10.7. The Morgan fingerprint density at radius 2 is 1.91 bits per heavy atom. The minimum absolute atomic E-state index is 0.170. The summed E-state index contributed by atoms with van der Waals surface area (Å²) in [5.41, 5.74) is 0.715. The molecule has 3 N–H and O–H groups in total. The SMILES string of the molecule is CNC(=O)c1ccc(Cl)c(NCCCNC(=O)OC(C)(C)C)c1. The van der Waals surface area contributed by atoms with Crippen LogP contribution in [-0.4, -0.2) is 37.7 Å². The fourth-order valence-electron chi connectivity index (χ4n) is 1.76. The maximum absolute atomic E-state index is 11.6. The molecule has 0 aromatic heterocycles. The largest absolute Gasteiger partial charge is 0.444 e. The molecule has 2 amide bonds. The van der Waals surface area contributed by atoms with Gasteiger partial charge in [0.05, 0.1) is 10.7 Å². The Bertz CT molecular complexity index is 556. The normalized spacial score (nSPS) is 10.8. The van der Waals surface area contributed by atoms with E-state index in [1.807, 2.05) is 20.8 Å². The number of hydrogen-bond donors (Lipinski definition) is 3. The van der Waals surface area contributed by atoms with Crippen LogP contribution in [0.4, 0.5) is 10.5 Å². The van der Waals surface area contributed by atoms with Gasteiger partial charge in [0.2, 0.25) is 0 Å². The zero-order valence-corrected chi connectivity index (χ0v) is 14.7. The average molecular weight is 342 g/mol. The van der Waals surface area contributed by atoms with Crippen molar-refractivity contribution in [2.75, 3.05) is 25.5 Å². The Kier molecular flexibility index (Phi) is 7.16. The van der Waals surface area contributed by atoms with Crippen LogP contribution in [0.1, 0.15) is 37.6 Å². The van der Waals surface area contributed by atoms with E-state index in [0.717, 1.165) is 0 Å². The lowest BCUT2D eigenvalue weighted by Crippen LogP contribution is -2.33. The van der Waals surface area contributed by atoms with Gasteiger partial charge in [-0.05, 0) is 45.4 Å². The van der Waals surface area contributed by atoms with Crippen LogP contribution in [0, 0.1) is 0 Å². The van der Waals surface area contributed by atoms with Gasteiger partial charge in [-0.3, -0.25) is 4.79 Å². The maximum atomic E-state index is 11.6. The molecular formula is C16H24ClN3O3. The Morgan fingerprint density at radius 1 is 1.22 bits per heavy atom. The molecule has 0 unspecified atom stereocenters. The van der Waals surface area contributed by atoms with Crippen molar-refractivity contribution in [1.82, 2.24) is 10.6 Å². The topological polar surface area (TPSA) is 79.5 Å². The maximum Gasteiger partial charge on any atom is 0.407 e. The van der Waals surface area contributed by atoms with Gasteiger partial charge >= 0.3 is 6.09 Å². The molecule has 6 nitrogen and oxygen atoms in total. The van der Waals surface area contributed by atoms with E-state index >= 15 is 0 Å². The minimum atomic E-state index is -0.504. The first kappa shape index (κ1) is 19.1. The molecule has 23 heavy (non-hydrogen) atoms. The highest BCUT2D eigenvalue weighted by Gasteiger charge is 2.15. The average Bonchev–Trinajstić information content (AvgIpc) is 2.46. The van der Waals surface area contributed by atoms with Crippen LogP contribution in [-0.2, 0) is 4.74 Å². The standard InChI is InChI=1S/C16H24ClN3O3/c1-16(2,3)23-15(22)20-9-5-8-19-13-10-11(14(21)18-4)6-7-12(13)17/h6-7,10,19H,5,8-9H2,1-4H3,(H,18,21)(H,20,22). The number of nitrogens with one attached hydrogen (secondary N) is 3. The molecule has 7 heteroatoms. The van der Waals surface area contributed by atoms with Crippen molar-refractivity contribution in [3.63, 3.8) is 0 Å². The molecule has 0 saturated heterocycles. The lowest BCUT2D eigenvalue weighted by atomic mass is 10.2. The second-order valence-electron chi connectivity index (χ2n) is 5.98. The summed E-state index contributed by atoms with van der Waals surface area (Å²) in [4.78, 5) is 23.1. The zero-order valence-electron chi connectivity index (χ0n) is 14.0. The summed E-state index contributed by atoms with van der Waals surface area (Å²) < 4.78 is 5.14. The van der Waals surface area contributed by atoms with E-state index in [4.69, 9.17) is 16.3 Å². The number of carbonyl (C=O) groups excluding carboxylic acids is 2. The van der Waals surface area contributed by atoms with Crippen LogP contribution < -0.4 is 16.0 Å². The molecule has 0 aliphatic heterocycles. The van der Waals surface area contributed by atoms with Crippen molar-refractivity contribution in [3.05, 3.63) is 28.8 Å². The zero-order chi connectivity index (χ0) is 17.5. The van der Waals surface area contributed by atoms with Gasteiger partial charge in [-0.25, -0.2) is 4.79 Å². The van der Waals surface area contributed by atoms with E-state index in [2.05, 4.69) is 16.0 Å². The van der Waals surface area contributed by atoms with Crippen molar-refractivity contribution in [2.45, 2.75) is 32.8 Å². The van der Waals surface area contributed by atoms with E-state index in [9.17, 15) is 9.59 Å². The third-order valence-electron chi connectivity index (χ3n) is 2.79. The molecule has 0 saturated carbocycles. The molecule has 0 aliphatic carbocycles. The Hall–Kier alpha value is -1.95. The molecule has 1 aromatic rings. The Labute approximate surface area is 141 Å². The fraction of sp³-hybridized carbons (Fsp3) is 0.500. The van der Waals surface area contributed by atoms with Crippen LogP contribution in [0.2, 0.25) is 5.02 Å². The van der Waals surface area contributed by atoms with E-state index in [0.29, 0.717) is 35.8 Å². The highest BCUT2D eigenvalue weighted by Crippen LogP contribution is 2.23. The molecule has 0 aliphatic rings. The van der Waals surface area contributed by atoms with Crippen molar-refractivity contribution in [1.29, 1.82) is 0 Å². The lowest BCUT2D eigenvalue weighted by molar-refractivity contribution is 0.0527. The predicted octanol–water partition coefficient (Wildman–Crippen LogP) is 3.03. The highest BCUT2D eigenvalue weighted by molar-refractivity contribution is 6.33. The van der Waals surface area contributed by atoms with Crippen molar-refractivity contribution < 1.29 is 14.3 Å². The van der Waals surface area contributed by atoms with Gasteiger partial charge in [0.25, 0.3) is 5.91 Å². The summed E-state index contributed by atoms with van der Waals surface area (Å²) in [6.45, 7) is 6.53. The number of amides is 2. The number of benzene rings is 1. The first-order valence-electron chi connectivity index (χ1n) is 7.45. The monoisotopic (exact) mass is 341 g/mol. The van der Waals surface area contributed by atoms with Gasteiger partial charge in [0.1, 0.15) is 5.60 Å². The second kappa shape index (κ2) is 8.62. The van der Waals surface area contributed by atoms with Crippen LogP contribution in [0.15, 0.2) is 18.2 Å². The highest BCUT2D eigenvalue weighted by atomic mass is 35.5. The molecule has 128 valence electrons. The van der Waals surface area contributed by atoms with Crippen LogP contribution >= 0.6 is 11.6 Å². The Morgan fingerprint density at radius 3 is 2.52 bits per heavy atom. The summed E-state index contributed by atoms with van der Waals surface area (Å²) in [7, 11) is 1.58. The van der Waals surface area contributed by atoms with Crippen LogP contribution in [0.3, 0.4) is 0 Å². The van der Waals surface area contributed by atoms with E-state index in [-0.39, 0.29) is 5.91 Å². The summed E-state index contributed by atoms with van der Waals surface area (Å²) in [6, 6.07) is 5.03. The molecule has 0 atom stereocenters. The number of ether oxygens (including phenoxy) is 1. The minimum Gasteiger partial charge on any atom is -0.444 e. The van der Waals surface area contributed by atoms with E-state index in [1.165, 1.54) is 0 Å². The predicted molar refractivity (Wildman–Crippen MR) is 92.2 cm³/mol. The number of anilines is 1. The summed E-state index contributed by atoms with van der Waals surface area (Å²) in [6.07, 6.45) is 0.261. The van der Waals surface area contributed by atoms with Crippen LogP contribution in [0.5, 0.6) is 0 Å². The van der Waals surface area contributed by atoms with Crippen molar-refractivity contribution in [3.8, 4) is 0 Å². The fourth-order valence-corrected chi connectivity index (χ4v) is 1.95.